The second-order valence-electron chi connectivity index (χ2n) is 5.65. The molecule has 0 radical (unpaired) electrons. The van der Waals surface area contributed by atoms with Gasteiger partial charge in [0.05, 0.1) is 0 Å². The van der Waals surface area contributed by atoms with E-state index in [2.05, 4.69) is 5.32 Å². The lowest BCUT2D eigenvalue weighted by atomic mass is 9.71. The van der Waals surface area contributed by atoms with E-state index >= 15 is 0 Å². The normalized spacial score (nSPS) is 22.7. The number of likely N-dealkylation sites (tertiary alicyclic amines) is 1. The van der Waals surface area contributed by atoms with Gasteiger partial charge in [0.15, 0.2) is 11.0 Å². The van der Waals surface area contributed by atoms with Crippen molar-refractivity contribution in [2.45, 2.75) is 25.7 Å². The minimum absolute atomic E-state index is 0.0318. The van der Waals surface area contributed by atoms with Crippen LogP contribution in [-0.4, -0.2) is 37.0 Å². The van der Waals surface area contributed by atoms with Crippen molar-refractivity contribution in [1.82, 2.24) is 10.2 Å². The van der Waals surface area contributed by atoms with E-state index in [4.69, 9.17) is 16.0 Å². The first-order valence-corrected chi connectivity index (χ1v) is 7.32. The van der Waals surface area contributed by atoms with Crippen molar-refractivity contribution < 1.29 is 9.21 Å². The molecular weight excluding hydrogens is 264 g/mol. The number of carbonyl (C=O) groups excluding carboxylic acids is 1. The van der Waals surface area contributed by atoms with Crippen LogP contribution in [0.5, 0.6) is 0 Å². The Morgan fingerprint density at radius 2 is 1.89 bits per heavy atom. The summed E-state index contributed by atoms with van der Waals surface area (Å²) in [5.41, 5.74) is 0.461. The highest BCUT2D eigenvalue weighted by molar-refractivity contribution is 6.29. The molecule has 3 rings (SSSR count). The lowest BCUT2D eigenvalue weighted by Crippen LogP contribution is -2.47. The van der Waals surface area contributed by atoms with E-state index in [-0.39, 0.29) is 11.1 Å². The lowest BCUT2D eigenvalue weighted by Gasteiger charge is -2.44. The van der Waals surface area contributed by atoms with E-state index in [1.165, 1.54) is 12.8 Å². The number of furan rings is 1. The van der Waals surface area contributed by atoms with Crippen molar-refractivity contribution in [2.75, 3.05) is 26.2 Å². The quantitative estimate of drug-likeness (QED) is 0.861. The summed E-state index contributed by atoms with van der Waals surface area (Å²) < 4.78 is 5.20. The summed E-state index contributed by atoms with van der Waals surface area (Å²) >= 11 is 5.72. The van der Waals surface area contributed by atoms with Crippen LogP contribution in [0, 0.1) is 5.41 Å². The van der Waals surface area contributed by atoms with Gasteiger partial charge in [0.1, 0.15) is 0 Å². The highest BCUT2D eigenvalue weighted by atomic mass is 35.5. The topological polar surface area (TPSA) is 45.5 Å². The number of halogens is 1. The van der Waals surface area contributed by atoms with Crippen molar-refractivity contribution in [3.63, 3.8) is 0 Å². The number of carbonyl (C=O) groups is 1. The maximum atomic E-state index is 12.2. The van der Waals surface area contributed by atoms with Crippen LogP contribution >= 0.6 is 11.6 Å². The minimum Gasteiger partial charge on any atom is -0.440 e. The molecule has 1 N–H and O–H groups in total. The number of nitrogens with zero attached hydrogens (tertiary/aromatic N) is 1. The predicted octanol–water partition coefficient (Wildman–Crippen LogP) is 2.54. The van der Waals surface area contributed by atoms with Crippen LogP contribution in [-0.2, 0) is 0 Å². The van der Waals surface area contributed by atoms with Crippen LogP contribution in [0.25, 0.3) is 0 Å². The largest absolute Gasteiger partial charge is 0.440 e. The fraction of sp³-hybridized carbons (Fsp3) is 0.643. The number of nitrogens with one attached hydrogen (secondary N) is 1. The van der Waals surface area contributed by atoms with Gasteiger partial charge in [-0.1, -0.05) is 0 Å². The van der Waals surface area contributed by atoms with Crippen LogP contribution in [0.2, 0.25) is 5.22 Å². The second kappa shape index (κ2) is 5.17. The predicted molar refractivity (Wildman–Crippen MR) is 73.4 cm³/mol. The molecule has 1 aromatic heterocycles. The molecule has 0 unspecified atom stereocenters. The van der Waals surface area contributed by atoms with E-state index < -0.39 is 0 Å². The molecule has 1 aromatic rings. The third-order valence-corrected chi connectivity index (χ3v) is 4.76. The second-order valence-corrected chi connectivity index (χ2v) is 6.02. The minimum atomic E-state index is -0.0318. The van der Waals surface area contributed by atoms with Gasteiger partial charge in [-0.2, -0.15) is 0 Å². The van der Waals surface area contributed by atoms with Crippen molar-refractivity contribution in [1.29, 1.82) is 0 Å². The van der Waals surface area contributed by atoms with Crippen molar-refractivity contribution >= 4 is 17.5 Å². The number of rotatable bonds is 1. The molecule has 2 saturated heterocycles. The molecule has 2 fully saturated rings. The first-order valence-electron chi connectivity index (χ1n) is 6.94. The average molecular weight is 283 g/mol. The third-order valence-electron chi connectivity index (χ3n) is 4.56. The summed E-state index contributed by atoms with van der Waals surface area (Å²) in [5.74, 6) is 0.321. The Morgan fingerprint density at radius 1 is 1.21 bits per heavy atom. The van der Waals surface area contributed by atoms with Crippen molar-refractivity contribution in [3.05, 3.63) is 23.1 Å². The zero-order valence-corrected chi connectivity index (χ0v) is 11.7. The number of amides is 1. The summed E-state index contributed by atoms with van der Waals surface area (Å²) in [5, 5.41) is 3.68. The average Bonchev–Trinajstić information content (AvgIpc) is 2.87. The summed E-state index contributed by atoms with van der Waals surface area (Å²) in [6, 6.07) is 3.27. The van der Waals surface area contributed by atoms with Crippen LogP contribution in [0.1, 0.15) is 36.2 Å². The molecule has 4 nitrogen and oxygen atoms in total. The van der Waals surface area contributed by atoms with Gasteiger partial charge in [-0.15, -0.1) is 0 Å². The number of hydrogen-bond donors (Lipinski definition) is 1. The molecule has 0 atom stereocenters. The summed E-state index contributed by atoms with van der Waals surface area (Å²) in [6.45, 7) is 3.89. The molecule has 1 spiro atoms. The lowest BCUT2D eigenvalue weighted by molar-refractivity contribution is 0.0470. The Kier molecular flexibility index (Phi) is 3.54. The van der Waals surface area contributed by atoms with Gasteiger partial charge in [0, 0.05) is 13.1 Å². The highest BCUT2D eigenvalue weighted by Gasteiger charge is 2.37. The number of piperidine rings is 2. The zero-order chi connectivity index (χ0) is 13.3. The Morgan fingerprint density at radius 3 is 2.47 bits per heavy atom. The Hall–Kier alpha value is -1.00. The fourth-order valence-corrected chi connectivity index (χ4v) is 3.37. The van der Waals surface area contributed by atoms with Crippen LogP contribution in [0.15, 0.2) is 16.5 Å². The molecular formula is C14H19ClN2O2. The Bertz CT molecular complexity index is 456. The van der Waals surface area contributed by atoms with Crippen LogP contribution < -0.4 is 5.32 Å². The van der Waals surface area contributed by atoms with E-state index in [1.54, 1.807) is 12.1 Å². The summed E-state index contributed by atoms with van der Waals surface area (Å²) in [7, 11) is 0. The summed E-state index contributed by atoms with van der Waals surface area (Å²) in [6.07, 6.45) is 4.69. The van der Waals surface area contributed by atoms with Crippen LogP contribution in [0.3, 0.4) is 0 Å². The molecule has 3 heterocycles. The van der Waals surface area contributed by atoms with Gasteiger partial charge in [-0.25, -0.2) is 0 Å². The van der Waals surface area contributed by atoms with Gasteiger partial charge >= 0.3 is 0 Å². The van der Waals surface area contributed by atoms with E-state index in [1.807, 2.05) is 4.90 Å². The molecule has 5 heteroatoms. The maximum absolute atomic E-state index is 12.2. The molecule has 0 saturated carbocycles. The molecule has 0 aromatic carbocycles. The zero-order valence-electron chi connectivity index (χ0n) is 11.0. The first-order chi connectivity index (χ1) is 9.19. The van der Waals surface area contributed by atoms with E-state index in [0.29, 0.717) is 11.2 Å². The van der Waals surface area contributed by atoms with Gasteiger partial charge in [-0.3, -0.25) is 4.79 Å². The molecule has 2 aliphatic heterocycles. The van der Waals surface area contributed by atoms with Crippen molar-refractivity contribution in [3.8, 4) is 0 Å². The maximum Gasteiger partial charge on any atom is 0.289 e. The van der Waals surface area contributed by atoms with Gasteiger partial charge in [-0.05, 0) is 67.9 Å². The highest BCUT2D eigenvalue weighted by Crippen LogP contribution is 2.39. The van der Waals surface area contributed by atoms with Gasteiger partial charge < -0.3 is 14.6 Å². The fourth-order valence-electron chi connectivity index (χ4n) is 3.23. The van der Waals surface area contributed by atoms with E-state index in [9.17, 15) is 4.79 Å². The Labute approximate surface area is 118 Å². The SMILES string of the molecule is O=C(c1ccc(Cl)o1)N1CCC2(CCNCC2)CC1. The van der Waals surface area contributed by atoms with E-state index in [0.717, 1.165) is 39.0 Å². The third kappa shape index (κ3) is 2.65. The first kappa shape index (κ1) is 13.0. The van der Waals surface area contributed by atoms with Crippen LogP contribution in [0.4, 0.5) is 0 Å². The van der Waals surface area contributed by atoms with Crippen molar-refractivity contribution in [2.24, 2.45) is 5.41 Å². The molecule has 0 aliphatic carbocycles. The molecule has 0 bridgehead atoms. The molecule has 19 heavy (non-hydrogen) atoms. The van der Waals surface area contributed by atoms with Gasteiger partial charge in [0.25, 0.3) is 5.91 Å². The molecule has 1 amide bonds. The monoisotopic (exact) mass is 282 g/mol. The molecule has 2 aliphatic rings. The molecule has 104 valence electrons. The van der Waals surface area contributed by atoms with Gasteiger partial charge in [0.2, 0.25) is 0 Å². The number of hydrogen-bond acceptors (Lipinski definition) is 3. The summed E-state index contributed by atoms with van der Waals surface area (Å²) in [4.78, 5) is 14.1. The Balaban J connectivity index is 1.62. The smallest absolute Gasteiger partial charge is 0.289 e. The standard InChI is InChI=1S/C14H19ClN2O2/c15-12-2-1-11(19-12)13(18)17-9-5-14(6-10-17)3-7-16-8-4-14/h1-2,16H,3-10H2.